The molecule has 1 aromatic heterocycles. The summed E-state index contributed by atoms with van der Waals surface area (Å²) in [5.41, 5.74) is 1.87. The smallest absolute Gasteiger partial charge is 0.230 e. The van der Waals surface area contributed by atoms with E-state index in [0.717, 1.165) is 30.9 Å². The summed E-state index contributed by atoms with van der Waals surface area (Å²) in [7, 11) is 0. The van der Waals surface area contributed by atoms with Crippen LogP contribution in [0.25, 0.3) is 0 Å². The van der Waals surface area contributed by atoms with Crippen LogP contribution in [0.4, 0.5) is 0 Å². The summed E-state index contributed by atoms with van der Waals surface area (Å²) in [5.74, 6) is 0.427. The van der Waals surface area contributed by atoms with Gasteiger partial charge in [-0.05, 0) is 32.9 Å². The van der Waals surface area contributed by atoms with E-state index in [1.54, 1.807) is 0 Å². The zero-order valence-electron chi connectivity index (χ0n) is 11.1. The van der Waals surface area contributed by atoms with Crippen molar-refractivity contribution in [2.75, 3.05) is 18.8 Å². The Morgan fingerprint density at radius 1 is 1.47 bits per heavy atom. The van der Waals surface area contributed by atoms with Crippen molar-refractivity contribution >= 4 is 30.1 Å². The number of halogens is 1. The van der Waals surface area contributed by atoms with Crippen LogP contribution in [0.15, 0.2) is 11.2 Å². The topological polar surface area (TPSA) is 66.9 Å². The molecule has 5 nitrogen and oxygen atoms in total. The SMILES string of the molecule is Cc1cc(C)nc(SCC(=O)NC2CCNC2)n1.Cl. The third-order valence-electron chi connectivity index (χ3n) is 2.72. The van der Waals surface area contributed by atoms with Gasteiger partial charge >= 0.3 is 0 Å². The fourth-order valence-corrected chi connectivity index (χ4v) is 2.70. The Morgan fingerprint density at radius 3 is 2.74 bits per heavy atom. The fraction of sp³-hybridized carbons (Fsp3) is 0.583. The van der Waals surface area contributed by atoms with Gasteiger partial charge in [0.05, 0.1) is 5.75 Å². The number of thioether (sulfide) groups is 1. The van der Waals surface area contributed by atoms with Gasteiger partial charge in [0.2, 0.25) is 5.91 Å². The molecule has 7 heteroatoms. The van der Waals surface area contributed by atoms with Gasteiger partial charge in [0, 0.05) is 24.0 Å². The first-order chi connectivity index (χ1) is 8.63. The summed E-state index contributed by atoms with van der Waals surface area (Å²) in [6.07, 6.45) is 1.01. The summed E-state index contributed by atoms with van der Waals surface area (Å²) in [6.45, 7) is 5.72. The molecule has 1 unspecified atom stereocenters. The minimum absolute atomic E-state index is 0. The average Bonchev–Trinajstić information content (AvgIpc) is 2.78. The second-order valence-electron chi connectivity index (χ2n) is 4.48. The quantitative estimate of drug-likeness (QED) is 0.644. The monoisotopic (exact) mass is 302 g/mol. The summed E-state index contributed by atoms with van der Waals surface area (Å²) in [5, 5.41) is 6.89. The highest BCUT2D eigenvalue weighted by Gasteiger charge is 2.16. The number of carbonyl (C=O) groups is 1. The van der Waals surface area contributed by atoms with Crippen LogP contribution < -0.4 is 10.6 Å². The lowest BCUT2D eigenvalue weighted by atomic mass is 10.3. The van der Waals surface area contributed by atoms with E-state index in [1.165, 1.54) is 11.8 Å². The summed E-state index contributed by atoms with van der Waals surface area (Å²) >= 11 is 1.39. The summed E-state index contributed by atoms with van der Waals surface area (Å²) in [4.78, 5) is 20.3. The third kappa shape index (κ3) is 5.34. The van der Waals surface area contributed by atoms with Crippen molar-refractivity contribution in [3.8, 4) is 0 Å². The molecule has 2 rings (SSSR count). The van der Waals surface area contributed by atoms with Crippen LogP contribution >= 0.6 is 24.2 Å². The first kappa shape index (κ1) is 16.2. The van der Waals surface area contributed by atoms with Crippen molar-refractivity contribution in [2.24, 2.45) is 0 Å². The van der Waals surface area contributed by atoms with Gasteiger partial charge in [-0.2, -0.15) is 0 Å². The van der Waals surface area contributed by atoms with Crippen molar-refractivity contribution in [3.05, 3.63) is 17.5 Å². The van der Waals surface area contributed by atoms with Crippen LogP contribution in [-0.4, -0.2) is 40.8 Å². The number of nitrogens with zero attached hydrogens (tertiary/aromatic N) is 2. The molecule has 0 aromatic carbocycles. The lowest BCUT2D eigenvalue weighted by Crippen LogP contribution is -2.37. The van der Waals surface area contributed by atoms with E-state index in [0.29, 0.717) is 10.9 Å². The molecule has 2 heterocycles. The van der Waals surface area contributed by atoms with Crippen molar-refractivity contribution in [1.29, 1.82) is 0 Å². The van der Waals surface area contributed by atoms with E-state index < -0.39 is 0 Å². The van der Waals surface area contributed by atoms with E-state index in [1.807, 2.05) is 19.9 Å². The molecule has 106 valence electrons. The van der Waals surface area contributed by atoms with Gasteiger partial charge in [-0.25, -0.2) is 9.97 Å². The van der Waals surface area contributed by atoms with Crippen LogP contribution in [0, 0.1) is 13.8 Å². The molecule has 0 radical (unpaired) electrons. The second-order valence-corrected chi connectivity index (χ2v) is 5.42. The molecular formula is C12H19ClN4OS. The van der Waals surface area contributed by atoms with Crippen molar-refractivity contribution < 1.29 is 4.79 Å². The number of carbonyl (C=O) groups excluding carboxylic acids is 1. The molecule has 0 aliphatic carbocycles. The zero-order valence-corrected chi connectivity index (χ0v) is 12.7. The summed E-state index contributed by atoms with van der Waals surface area (Å²) < 4.78 is 0. The average molecular weight is 303 g/mol. The fourth-order valence-electron chi connectivity index (χ4n) is 1.94. The Labute approximate surface area is 123 Å². The van der Waals surface area contributed by atoms with Gasteiger partial charge < -0.3 is 10.6 Å². The molecule has 1 atom stereocenters. The van der Waals surface area contributed by atoms with Crippen LogP contribution in [0.5, 0.6) is 0 Å². The first-order valence-electron chi connectivity index (χ1n) is 6.08. The van der Waals surface area contributed by atoms with Gasteiger partial charge in [0.15, 0.2) is 5.16 Å². The van der Waals surface area contributed by atoms with Crippen LogP contribution in [-0.2, 0) is 4.79 Å². The first-order valence-corrected chi connectivity index (χ1v) is 7.07. The maximum Gasteiger partial charge on any atom is 0.230 e. The highest BCUT2D eigenvalue weighted by Crippen LogP contribution is 2.13. The molecule has 1 aromatic rings. The molecule has 1 amide bonds. The highest BCUT2D eigenvalue weighted by atomic mass is 35.5. The van der Waals surface area contributed by atoms with Gasteiger partial charge in [-0.15, -0.1) is 12.4 Å². The standard InChI is InChI=1S/C12H18N4OS.ClH/c1-8-5-9(2)15-12(14-8)18-7-11(17)16-10-3-4-13-6-10;/h5,10,13H,3-4,6-7H2,1-2H3,(H,16,17);1H. The van der Waals surface area contributed by atoms with E-state index in [4.69, 9.17) is 0 Å². The maximum atomic E-state index is 11.7. The van der Waals surface area contributed by atoms with Gasteiger partial charge in [0.25, 0.3) is 0 Å². The van der Waals surface area contributed by atoms with Crippen LogP contribution in [0.2, 0.25) is 0 Å². The second kappa shape index (κ2) is 7.67. The van der Waals surface area contributed by atoms with Crippen molar-refractivity contribution in [2.45, 2.75) is 31.5 Å². The largest absolute Gasteiger partial charge is 0.351 e. The van der Waals surface area contributed by atoms with E-state index in [9.17, 15) is 4.79 Å². The van der Waals surface area contributed by atoms with Gasteiger partial charge in [-0.1, -0.05) is 11.8 Å². The number of aryl methyl sites for hydroxylation is 2. The number of nitrogens with one attached hydrogen (secondary N) is 2. The number of amides is 1. The minimum atomic E-state index is 0. The Kier molecular flexibility index (Phi) is 6.54. The number of hydrogen-bond acceptors (Lipinski definition) is 5. The summed E-state index contributed by atoms with van der Waals surface area (Å²) in [6, 6.07) is 2.20. The number of aromatic nitrogens is 2. The Balaban J connectivity index is 0.00000180. The Bertz CT molecular complexity index is 417. The number of hydrogen-bond donors (Lipinski definition) is 2. The molecule has 0 saturated carbocycles. The molecule has 19 heavy (non-hydrogen) atoms. The molecule has 1 aliphatic heterocycles. The normalized spacial score (nSPS) is 17.9. The van der Waals surface area contributed by atoms with E-state index in [2.05, 4.69) is 20.6 Å². The van der Waals surface area contributed by atoms with Crippen LogP contribution in [0.3, 0.4) is 0 Å². The maximum absolute atomic E-state index is 11.7. The van der Waals surface area contributed by atoms with E-state index in [-0.39, 0.29) is 24.4 Å². The molecule has 1 saturated heterocycles. The minimum Gasteiger partial charge on any atom is -0.351 e. The molecular weight excluding hydrogens is 284 g/mol. The lowest BCUT2D eigenvalue weighted by Gasteiger charge is -2.10. The Hall–Kier alpha value is -0.850. The molecule has 0 spiro atoms. The van der Waals surface area contributed by atoms with Crippen LogP contribution in [0.1, 0.15) is 17.8 Å². The molecule has 0 bridgehead atoms. The van der Waals surface area contributed by atoms with Gasteiger partial charge in [0.1, 0.15) is 0 Å². The van der Waals surface area contributed by atoms with Gasteiger partial charge in [-0.3, -0.25) is 4.79 Å². The zero-order chi connectivity index (χ0) is 13.0. The van der Waals surface area contributed by atoms with E-state index >= 15 is 0 Å². The third-order valence-corrected chi connectivity index (χ3v) is 3.57. The Morgan fingerprint density at radius 2 is 2.16 bits per heavy atom. The predicted octanol–water partition coefficient (Wildman–Crippen LogP) is 1.09. The van der Waals surface area contributed by atoms with Crippen molar-refractivity contribution in [3.63, 3.8) is 0 Å². The molecule has 1 aliphatic rings. The van der Waals surface area contributed by atoms with Crippen molar-refractivity contribution in [1.82, 2.24) is 20.6 Å². The lowest BCUT2D eigenvalue weighted by molar-refractivity contribution is -0.119. The molecule has 2 N–H and O–H groups in total. The molecule has 1 fully saturated rings. The predicted molar refractivity (Wildman–Crippen MR) is 78.9 cm³/mol. The highest BCUT2D eigenvalue weighted by molar-refractivity contribution is 7.99. The number of rotatable bonds is 4.